The number of nitrogens with one attached hydrogen (secondary N) is 1. The standard InChI is InChI=1S/C48H55NO8/c50-42-43(52-31-19-2-1-18-30-49-48(51)57-36-41-28-16-7-17-29-41)45(54-33-38-22-10-4-11-23-38)47(56-35-40-26-14-6-15-27-40)46(55-34-39-24-12-5-13-25-39)44(42)53-32-37-20-8-3-9-21-37/h3-17,20-29,42-47,50H,1-2,18-19,30-36H2,(H,49,51)/t42-,43+,44+,45+,46-,47-/m1/s1. The zero-order valence-corrected chi connectivity index (χ0v) is 32.5. The zero-order valence-electron chi connectivity index (χ0n) is 32.5. The molecule has 5 aromatic rings. The molecule has 5 aromatic carbocycles. The number of ether oxygens (including phenoxy) is 6. The molecule has 1 aliphatic carbocycles. The average Bonchev–Trinajstić information content (AvgIpc) is 3.26. The van der Waals surface area contributed by atoms with E-state index in [0.29, 0.717) is 33.0 Å². The molecule has 2 N–H and O–H groups in total. The van der Waals surface area contributed by atoms with Gasteiger partial charge in [-0.15, -0.1) is 0 Å². The summed E-state index contributed by atoms with van der Waals surface area (Å²) in [7, 11) is 0. The number of hydrogen-bond donors (Lipinski definition) is 2. The van der Waals surface area contributed by atoms with Crippen LogP contribution in [0.4, 0.5) is 4.79 Å². The molecule has 1 amide bonds. The molecule has 0 bridgehead atoms. The van der Waals surface area contributed by atoms with Crippen LogP contribution in [0.3, 0.4) is 0 Å². The summed E-state index contributed by atoms with van der Waals surface area (Å²) >= 11 is 0. The number of unbranched alkanes of at least 4 members (excludes halogenated alkanes) is 3. The van der Waals surface area contributed by atoms with Crippen molar-refractivity contribution in [3.8, 4) is 0 Å². The molecule has 1 saturated carbocycles. The van der Waals surface area contributed by atoms with Crippen LogP contribution in [0, 0.1) is 0 Å². The van der Waals surface area contributed by atoms with Gasteiger partial charge in [-0.2, -0.15) is 0 Å². The minimum atomic E-state index is -1.09. The molecule has 0 saturated heterocycles. The molecule has 6 rings (SSSR count). The van der Waals surface area contributed by atoms with Gasteiger partial charge in [0.2, 0.25) is 0 Å². The van der Waals surface area contributed by atoms with Crippen LogP contribution >= 0.6 is 0 Å². The number of benzene rings is 5. The van der Waals surface area contributed by atoms with Crippen LogP contribution in [0.15, 0.2) is 152 Å². The number of aliphatic hydroxyl groups is 1. The Balaban J connectivity index is 1.14. The van der Waals surface area contributed by atoms with Crippen molar-refractivity contribution in [2.45, 2.75) is 95.3 Å². The third-order valence-electron chi connectivity index (χ3n) is 9.97. The largest absolute Gasteiger partial charge is 0.445 e. The van der Waals surface area contributed by atoms with E-state index in [4.69, 9.17) is 28.4 Å². The van der Waals surface area contributed by atoms with Gasteiger partial charge >= 0.3 is 6.09 Å². The molecule has 9 nitrogen and oxygen atoms in total. The maximum Gasteiger partial charge on any atom is 0.407 e. The highest BCUT2D eigenvalue weighted by Gasteiger charge is 2.54. The van der Waals surface area contributed by atoms with Gasteiger partial charge in [-0.05, 0) is 40.7 Å². The summed E-state index contributed by atoms with van der Waals surface area (Å²) in [6, 6.07) is 49.5. The minimum Gasteiger partial charge on any atom is -0.445 e. The molecule has 57 heavy (non-hydrogen) atoms. The van der Waals surface area contributed by atoms with Gasteiger partial charge in [0.15, 0.2) is 0 Å². The van der Waals surface area contributed by atoms with Gasteiger partial charge in [-0.25, -0.2) is 4.79 Å². The van der Waals surface area contributed by atoms with Crippen LogP contribution in [-0.4, -0.2) is 61.0 Å². The number of hydrogen-bond acceptors (Lipinski definition) is 8. The Kier molecular flexibility index (Phi) is 17.1. The average molecular weight is 774 g/mol. The molecule has 1 fully saturated rings. The van der Waals surface area contributed by atoms with Crippen molar-refractivity contribution in [2.75, 3.05) is 13.2 Å². The smallest absolute Gasteiger partial charge is 0.407 e. The molecular formula is C48H55NO8. The first-order chi connectivity index (χ1) is 28.1. The summed E-state index contributed by atoms with van der Waals surface area (Å²) in [5.41, 5.74) is 4.92. The Morgan fingerprint density at radius 1 is 0.421 bits per heavy atom. The van der Waals surface area contributed by atoms with E-state index < -0.39 is 42.7 Å². The fraction of sp³-hybridized carbons (Fsp3) is 0.354. The summed E-state index contributed by atoms with van der Waals surface area (Å²) in [6.07, 6.45) is -1.77. The summed E-state index contributed by atoms with van der Waals surface area (Å²) in [5.74, 6) is 0. The molecule has 6 atom stereocenters. The summed E-state index contributed by atoms with van der Waals surface area (Å²) in [4.78, 5) is 12.2. The normalized spacial score (nSPS) is 20.5. The van der Waals surface area contributed by atoms with Crippen LogP contribution in [0.1, 0.15) is 53.5 Å². The SMILES string of the molecule is O=C(NCCCCCCO[C@H]1[C@@H](O)[C@H](OCc2ccccc2)[C@@H](OCc2ccccc2)[C@H](OCc2ccccc2)[C@H]1OCc1ccccc1)OCc1ccccc1. The van der Waals surface area contributed by atoms with Crippen molar-refractivity contribution >= 4 is 6.09 Å². The van der Waals surface area contributed by atoms with Crippen LogP contribution < -0.4 is 5.32 Å². The Morgan fingerprint density at radius 2 is 0.754 bits per heavy atom. The second-order valence-corrected chi connectivity index (χ2v) is 14.3. The van der Waals surface area contributed by atoms with Gasteiger partial charge in [-0.1, -0.05) is 165 Å². The lowest BCUT2D eigenvalue weighted by Crippen LogP contribution is -2.66. The van der Waals surface area contributed by atoms with E-state index >= 15 is 0 Å². The van der Waals surface area contributed by atoms with Gasteiger partial charge in [0.1, 0.15) is 43.2 Å². The van der Waals surface area contributed by atoms with Crippen molar-refractivity contribution in [3.05, 3.63) is 179 Å². The topological polar surface area (TPSA) is 105 Å². The lowest BCUT2D eigenvalue weighted by Gasteiger charge is -2.48. The highest BCUT2D eigenvalue weighted by Crippen LogP contribution is 2.34. The predicted octanol–water partition coefficient (Wildman–Crippen LogP) is 8.57. The molecule has 0 aliphatic heterocycles. The first kappa shape index (κ1) is 41.8. The fourth-order valence-corrected chi connectivity index (χ4v) is 6.92. The first-order valence-corrected chi connectivity index (χ1v) is 20.0. The van der Waals surface area contributed by atoms with E-state index in [1.54, 1.807) is 0 Å². The molecule has 0 radical (unpaired) electrons. The van der Waals surface area contributed by atoms with Crippen molar-refractivity contribution < 1.29 is 38.3 Å². The van der Waals surface area contributed by atoms with E-state index in [2.05, 4.69) is 5.32 Å². The molecule has 0 aromatic heterocycles. The Morgan fingerprint density at radius 3 is 1.18 bits per heavy atom. The third-order valence-corrected chi connectivity index (χ3v) is 9.97. The highest BCUT2D eigenvalue weighted by molar-refractivity contribution is 5.67. The summed E-state index contributed by atoms with van der Waals surface area (Å²) < 4.78 is 38.8. The number of carbonyl (C=O) groups excluding carboxylic acids is 1. The predicted molar refractivity (Wildman–Crippen MR) is 219 cm³/mol. The van der Waals surface area contributed by atoms with Crippen molar-refractivity contribution in [3.63, 3.8) is 0 Å². The van der Waals surface area contributed by atoms with Crippen LogP contribution in [0.25, 0.3) is 0 Å². The monoisotopic (exact) mass is 773 g/mol. The zero-order chi connectivity index (χ0) is 39.3. The molecule has 0 heterocycles. The lowest BCUT2D eigenvalue weighted by molar-refractivity contribution is -0.281. The third kappa shape index (κ3) is 13.6. The minimum absolute atomic E-state index is 0.239. The maximum absolute atomic E-state index is 12.3. The number of rotatable bonds is 22. The Hall–Kier alpha value is -4.87. The van der Waals surface area contributed by atoms with E-state index in [1.807, 2.05) is 152 Å². The summed E-state index contributed by atoms with van der Waals surface area (Å²) in [5, 5.41) is 15.1. The quantitative estimate of drug-likeness (QED) is 0.0675. The second kappa shape index (κ2) is 23.4. The number of amides is 1. The first-order valence-electron chi connectivity index (χ1n) is 20.0. The summed E-state index contributed by atoms with van der Waals surface area (Å²) in [6.45, 7) is 2.33. The maximum atomic E-state index is 12.3. The van der Waals surface area contributed by atoms with Crippen molar-refractivity contribution in [2.24, 2.45) is 0 Å². The second-order valence-electron chi connectivity index (χ2n) is 14.3. The van der Waals surface area contributed by atoms with Gasteiger partial charge < -0.3 is 38.8 Å². The number of carbonyl (C=O) groups is 1. The fourth-order valence-electron chi connectivity index (χ4n) is 6.92. The number of alkyl carbamates (subject to hydrolysis) is 1. The van der Waals surface area contributed by atoms with E-state index in [1.165, 1.54) is 0 Å². The Labute approximate surface area is 336 Å². The number of aliphatic hydroxyl groups excluding tert-OH is 1. The van der Waals surface area contributed by atoms with Gasteiger partial charge in [0.05, 0.1) is 26.4 Å². The molecule has 0 unspecified atom stereocenters. The Bertz CT molecular complexity index is 1820. The molecule has 0 spiro atoms. The van der Waals surface area contributed by atoms with Crippen LogP contribution in [-0.2, 0) is 61.5 Å². The van der Waals surface area contributed by atoms with E-state index in [-0.39, 0.29) is 13.2 Å². The lowest BCUT2D eigenvalue weighted by atomic mass is 9.83. The van der Waals surface area contributed by atoms with Crippen LogP contribution in [0.2, 0.25) is 0 Å². The van der Waals surface area contributed by atoms with Gasteiger partial charge in [0, 0.05) is 13.2 Å². The van der Waals surface area contributed by atoms with E-state index in [0.717, 1.165) is 53.5 Å². The molecule has 1 aliphatic rings. The molecule has 9 heteroatoms. The van der Waals surface area contributed by atoms with Gasteiger partial charge in [-0.3, -0.25) is 0 Å². The van der Waals surface area contributed by atoms with Gasteiger partial charge in [0.25, 0.3) is 0 Å². The van der Waals surface area contributed by atoms with Crippen molar-refractivity contribution in [1.29, 1.82) is 0 Å². The highest BCUT2D eigenvalue weighted by atomic mass is 16.6. The van der Waals surface area contributed by atoms with E-state index in [9.17, 15) is 9.90 Å². The molecule has 300 valence electrons. The molecular weight excluding hydrogens is 719 g/mol. The van der Waals surface area contributed by atoms with Crippen molar-refractivity contribution in [1.82, 2.24) is 5.32 Å². The van der Waals surface area contributed by atoms with Crippen LogP contribution in [0.5, 0.6) is 0 Å².